The van der Waals surface area contributed by atoms with E-state index in [1.807, 2.05) is 12.3 Å². The van der Waals surface area contributed by atoms with Gasteiger partial charge in [0, 0.05) is 34.6 Å². The van der Waals surface area contributed by atoms with E-state index in [2.05, 4.69) is 146 Å². The number of imidazole rings is 1. The molecule has 0 amide bonds. The number of para-hydroxylation sites is 2. The summed E-state index contributed by atoms with van der Waals surface area (Å²) < 4.78 is 4.58. The fraction of sp³-hybridized carbons (Fsp3) is 0.158. The highest BCUT2D eigenvalue weighted by Gasteiger charge is 2.22. The van der Waals surface area contributed by atoms with E-state index in [0.29, 0.717) is 11.8 Å². The van der Waals surface area contributed by atoms with Gasteiger partial charge in [0.2, 0.25) is 0 Å². The van der Waals surface area contributed by atoms with Gasteiger partial charge in [0.25, 0.3) is 0 Å². The average Bonchev–Trinajstić information content (AvgIpc) is 3.64. The van der Waals surface area contributed by atoms with Crippen LogP contribution in [0.3, 0.4) is 0 Å². The third kappa shape index (κ3) is 4.31. The van der Waals surface area contributed by atoms with Crippen LogP contribution >= 0.6 is 0 Å². The molecule has 0 atom stereocenters. The van der Waals surface area contributed by atoms with Gasteiger partial charge in [-0.1, -0.05) is 94.4 Å². The van der Waals surface area contributed by atoms with Crippen LogP contribution < -0.4 is 0 Å². The lowest BCUT2D eigenvalue weighted by molar-refractivity contribution is 0.807. The molecule has 42 heavy (non-hydrogen) atoms. The summed E-state index contributed by atoms with van der Waals surface area (Å²) in [4.78, 5) is 10.1. The summed E-state index contributed by atoms with van der Waals surface area (Å²) in [7, 11) is 0. The van der Waals surface area contributed by atoms with Gasteiger partial charge in [-0.2, -0.15) is 0 Å². The molecular formula is C38H34N4. The number of hydrogen-bond donors (Lipinski definition) is 0. The molecule has 0 aliphatic carbocycles. The van der Waals surface area contributed by atoms with E-state index in [0.717, 1.165) is 50.3 Å². The van der Waals surface area contributed by atoms with Crippen molar-refractivity contribution in [2.45, 2.75) is 39.5 Å². The van der Waals surface area contributed by atoms with Crippen molar-refractivity contribution < 1.29 is 0 Å². The van der Waals surface area contributed by atoms with Gasteiger partial charge in [-0.3, -0.25) is 4.57 Å². The molecule has 4 nitrogen and oxygen atoms in total. The van der Waals surface area contributed by atoms with Gasteiger partial charge in [0.1, 0.15) is 5.82 Å². The lowest BCUT2D eigenvalue weighted by Gasteiger charge is -2.23. The number of nitrogens with zero attached hydrogens (tertiary/aromatic N) is 4. The number of fused-ring (bicyclic) bond motifs is 3. The molecule has 0 unspecified atom stereocenters. The van der Waals surface area contributed by atoms with Crippen molar-refractivity contribution in [3.8, 4) is 34.0 Å². The molecule has 3 aromatic heterocycles. The second-order valence-corrected chi connectivity index (χ2v) is 11.6. The summed E-state index contributed by atoms with van der Waals surface area (Å²) in [5.74, 6) is 1.58. The minimum atomic E-state index is 0.312. The molecule has 0 aliphatic rings. The largest absolute Gasteiger partial charge is 0.308 e. The predicted octanol–water partition coefficient (Wildman–Crippen LogP) is 9.95. The average molecular weight is 547 g/mol. The van der Waals surface area contributed by atoms with Crippen molar-refractivity contribution in [2.24, 2.45) is 0 Å². The zero-order valence-corrected chi connectivity index (χ0v) is 24.5. The topological polar surface area (TPSA) is 35.6 Å². The summed E-state index contributed by atoms with van der Waals surface area (Å²) in [6, 6.07) is 38.6. The molecule has 4 heteroatoms. The Bertz CT molecular complexity index is 2000. The summed E-state index contributed by atoms with van der Waals surface area (Å²) in [6.45, 7) is 9.10. The molecule has 4 aromatic carbocycles. The molecule has 0 saturated carbocycles. The van der Waals surface area contributed by atoms with E-state index in [1.54, 1.807) is 0 Å². The van der Waals surface area contributed by atoms with Gasteiger partial charge in [-0.15, -0.1) is 0 Å². The monoisotopic (exact) mass is 546 g/mol. The summed E-state index contributed by atoms with van der Waals surface area (Å²) in [5, 5.41) is 1.16. The van der Waals surface area contributed by atoms with Gasteiger partial charge in [0.15, 0.2) is 0 Å². The van der Waals surface area contributed by atoms with E-state index in [1.165, 1.54) is 16.8 Å². The quantitative estimate of drug-likeness (QED) is 0.208. The van der Waals surface area contributed by atoms with E-state index in [-0.39, 0.29) is 0 Å². The zero-order chi connectivity index (χ0) is 28.8. The summed E-state index contributed by atoms with van der Waals surface area (Å²) in [6.07, 6.45) is 4.00. The molecule has 0 N–H and O–H groups in total. The molecule has 0 saturated heterocycles. The Morgan fingerprint density at radius 3 is 1.95 bits per heavy atom. The van der Waals surface area contributed by atoms with Crippen molar-refractivity contribution in [3.63, 3.8) is 0 Å². The first-order valence-electron chi connectivity index (χ1n) is 14.7. The fourth-order valence-corrected chi connectivity index (χ4v) is 6.12. The number of hydrogen-bond acceptors (Lipinski definition) is 2. The number of aromatic nitrogens is 4. The Labute approximate surface area is 246 Å². The van der Waals surface area contributed by atoms with Crippen molar-refractivity contribution in [3.05, 3.63) is 133 Å². The summed E-state index contributed by atoms with van der Waals surface area (Å²) >= 11 is 0. The molecular weight excluding hydrogens is 512 g/mol. The third-order valence-electron chi connectivity index (χ3n) is 8.15. The molecule has 0 fully saturated rings. The van der Waals surface area contributed by atoms with Crippen LogP contribution in [0.2, 0.25) is 0 Å². The molecule has 0 radical (unpaired) electrons. The first-order valence-corrected chi connectivity index (χ1v) is 14.7. The predicted molar refractivity (Wildman–Crippen MR) is 175 cm³/mol. The second kappa shape index (κ2) is 10.5. The van der Waals surface area contributed by atoms with Crippen LogP contribution in [-0.2, 0) is 0 Å². The molecule has 7 rings (SSSR count). The van der Waals surface area contributed by atoms with Gasteiger partial charge < -0.3 is 4.57 Å². The van der Waals surface area contributed by atoms with E-state index in [9.17, 15) is 0 Å². The van der Waals surface area contributed by atoms with Crippen molar-refractivity contribution in [1.29, 1.82) is 0 Å². The molecule has 0 spiro atoms. The molecule has 7 aromatic rings. The van der Waals surface area contributed by atoms with Crippen LogP contribution in [0.1, 0.15) is 50.7 Å². The van der Waals surface area contributed by atoms with Gasteiger partial charge >= 0.3 is 0 Å². The van der Waals surface area contributed by atoms with Crippen molar-refractivity contribution in [1.82, 2.24) is 19.1 Å². The number of benzene rings is 4. The maximum Gasteiger partial charge on any atom is 0.144 e. The van der Waals surface area contributed by atoms with Gasteiger partial charge in [-0.05, 0) is 65.4 Å². The van der Waals surface area contributed by atoms with Gasteiger partial charge in [0.05, 0.1) is 27.9 Å². The Hall–Kier alpha value is -4.96. The highest BCUT2D eigenvalue weighted by atomic mass is 15.1. The van der Waals surface area contributed by atoms with E-state index in [4.69, 9.17) is 9.97 Å². The standard InChI is InChI=1S/C38H34N4/c1-25(2)31-23-28(24-32(26(3)4)37(31)41-22-21-39-38(41)27-13-7-5-8-14-27)33-19-20-35-36(40-33)30-17-11-12-18-34(30)42(35)29-15-9-6-10-16-29/h5-26H,1-4H3. The second-order valence-electron chi connectivity index (χ2n) is 11.6. The zero-order valence-electron chi connectivity index (χ0n) is 24.5. The smallest absolute Gasteiger partial charge is 0.144 e. The Morgan fingerprint density at radius 2 is 1.26 bits per heavy atom. The van der Waals surface area contributed by atoms with Crippen LogP contribution in [0.4, 0.5) is 0 Å². The van der Waals surface area contributed by atoms with E-state index >= 15 is 0 Å². The maximum atomic E-state index is 5.34. The van der Waals surface area contributed by atoms with Crippen LogP contribution in [-0.4, -0.2) is 19.1 Å². The number of pyridine rings is 1. The van der Waals surface area contributed by atoms with Crippen LogP contribution in [0, 0.1) is 0 Å². The molecule has 206 valence electrons. The number of rotatable bonds is 6. The lowest BCUT2D eigenvalue weighted by atomic mass is 9.89. The minimum Gasteiger partial charge on any atom is -0.308 e. The highest BCUT2D eigenvalue weighted by molar-refractivity contribution is 6.07. The Morgan fingerprint density at radius 1 is 0.619 bits per heavy atom. The normalized spacial score (nSPS) is 11.8. The Balaban J connectivity index is 1.45. The first-order chi connectivity index (χ1) is 20.5. The summed E-state index contributed by atoms with van der Waals surface area (Å²) in [5.41, 5.74) is 11.5. The van der Waals surface area contributed by atoms with Crippen molar-refractivity contribution in [2.75, 3.05) is 0 Å². The maximum absolute atomic E-state index is 5.34. The molecule has 3 heterocycles. The van der Waals surface area contributed by atoms with Crippen LogP contribution in [0.5, 0.6) is 0 Å². The minimum absolute atomic E-state index is 0.312. The van der Waals surface area contributed by atoms with Gasteiger partial charge in [-0.25, -0.2) is 9.97 Å². The van der Waals surface area contributed by atoms with E-state index < -0.39 is 0 Å². The van der Waals surface area contributed by atoms with Crippen LogP contribution in [0.25, 0.3) is 56.0 Å². The molecule has 0 bridgehead atoms. The SMILES string of the molecule is CC(C)c1cc(-c2ccc3c(n2)c2ccccc2n3-c2ccccc2)cc(C(C)C)c1-n1ccnc1-c1ccccc1. The third-order valence-corrected chi connectivity index (χ3v) is 8.15. The first kappa shape index (κ1) is 26.0. The molecule has 0 aliphatic heterocycles. The lowest BCUT2D eigenvalue weighted by Crippen LogP contribution is -2.09. The van der Waals surface area contributed by atoms with Crippen molar-refractivity contribution >= 4 is 21.9 Å². The fourth-order valence-electron chi connectivity index (χ4n) is 6.12. The highest BCUT2D eigenvalue weighted by Crippen LogP contribution is 2.39. The van der Waals surface area contributed by atoms with Crippen LogP contribution in [0.15, 0.2) is 122 Å². The Kier molecular flexibility index (Phi) is 6.47.